The van der Waals surface area contributed by atoms with Crippen LogP contribution in [0.3, 0.4) is 0 Å². The Morgan fingerprint density at radius 3 is 2.61 bits per heavy atom. The van der Waals surface area contributed by atoms with Crippen molar-refractivity contribution in [2.24, 2.45) is 5.92 Å². The van der Waals surface area contributed by atoms with Gasteiger partial charge in [0.25, 0.3) is 11.8 Å². The SMILES string of the molecule is CCC1Oc2ccc(NC(=O)c3ccc(Cl)cc3)cc2CN(CC(C)C)C1=O. The number of benzene rings is 2. The zero-order valence-electron chi connectivity index (χ0n) is 16.4. The van der Waals surface area contributed by atoms with Crippen molar-refractivity contribution in [3.63, 3.8) is 0 Å². The number of carbonyl (C=O) groups excluding carboxylic acids is 2. The molecule has 1 N–H and O–H groups in total. The van der Waals surface area contributed by atoms with E-state index in [9.17, 15) is 9.59 Å². The molecular formula is C22H25ClN2O3. The highest BCUT2D eigenvalue weighted by molar-refractivity contribution is 6.30. The van der Waals surface area contributed by atoms with Gasteiger partial charge in [-0.1, -0.05) is 32.4 Å². The van der Waals surface area contributed by atoms with Gasteiger partial charge in [0.1, 0.15) is 5.75 Å². The first-order chi connectivity index (χ1) is 13.4. The first-order valence-electron chi connectivity index (χ1n) is 9.52. The van der Waals surface area contributed by atoms with Crippen LogP contribution >= 0.6 is 11.6 Å². The Kier molecular flexibility index (Phi) is 6.25. The van der Waals surface area contributed by atoms with Gasteiger partial charge in [0, 0.05) is 34.9 Å². The van der Waals surface area contributed by atoms with Gasteiger partial charge >= 0.3 is 0 Å². The second-order valence-corrected chi connectivity index (χ2v) is 7.85. The van der Waals surface area contributed by atoms with Crippen molar-refractivity contribution in [2.45, 2.75) is 39.8 Å². The lowest BCUT2D eigenvalue weighted by Crippen LogP contribution is -2.41. The second kappa shape index (κ2) is 8.65. The van der Waals surface area contributed by atoms with Crippen molar-refractivity contribution in [3.8, 4) is 5.75 Å². The van der Waals surface area contributed by atoms with Crippen molar-refractivity contribution in [1.29, 1.82) is 0 Å². The van der Waals surface area contributed by atoms with Crippen LogP contribution in [-0.2, 0) is 11.3 Å². The molecule has 0 saturated carbocycles. The molecule has 1 heterocycles. The normalized spacial score (nSPS) is 16.4. The van der Waals surface area contributed by atoms with Gasteiger partial charge in [0.05, 0.1) is 0 Å². The molecule has 1 atom stereocenters. The fourth-order valence-corrected chi connectivity index (χ4v) is 3.37. The van der Waals surface area contributed by atoms with Gasteiger partial charge in [0.2, 0.25) is 0 Å². The number of amides is 2. The smallest absolute Gasteiger partial charge is 0.263 e. The Labute approximate surface area is 170 Å². The minimum Gasteiger partial charge on any atom is -0.480 e. The van der Waals surface area contributed by atoms with Crippen LogP contribution in [0.5, 0.6) is 5.75 Å². The first kappa shape index (κ1) is 20.2. The Bertz CT molecular complexity index is 865. The van der Waals surface area contributed by atoms with E-state index in [-0.39, 0.29) is 11.8 Å². The van der Waals surface area contributed by atoms with E-state index < -0.39 is 6.10 Å². The van der Waals surface area contributed by atoms with Crippen LogP contribution in [0.1, 0.15) is 43.1 Å². The van der Waals surface area contributed by atoms with Crippen LogP contribution < -0.4 is 10.1 Å². The molecule has 5 nitrogen and oxygen atoms in total. The fourth-order valence-electron chi connectivity index (χ4n) is 3.24. The summed E-state index contributed by atoms with van der Waals surface area (Å²) in [6.07, 6.45) is 0.136. The van der Waals surface area contributed by atoms with E-state index in [4.69, 9.17) is 16.3 Å². The van der Waals surface area contributed by atoms with E-state index in [1.807, 2.05) is 24.0 Å². The highest BCUT2D eigenvalue weighted by Gasteiger charge is 2.30. The summed E-state index contributed by atoms with van der Waals surface area (Å²) in [6.45, 7) is 7.25. The monoisotopic (exact) mass is 400 g/mol. The average molecular weight is 401 g/mol. The Hall–Kier alpha value is -2.53. The summed E-state index contributed by atoms with van der Waals surface area (Å²) in [4.78, 5) is 27.1. The lowest BCUT2D eigenvalue weighted by molar-refractivity contribution is -0.139. The van der Waals surface area contributed by atoms with Gasteiger partial charge in [-0.15, -0.1) is 0 Å². The number of fused-ring (bicyclic) bond motifs is 1. The molecule has 0 radical (unpaired) electrons. The van der Waals surface area contributed by atoms with E-state index in [1.54, 1.807) is 30.3 Å². The van der Waals surface area contributed by atoms with Crippen LogP contribution in [0.25, 0.3) is 0 Å². The van der Waals surface area contributed by atoms with E-state index in [0.29, 0.717) is 47.5 Å². The molecule has 28 heavy (non-hydrogen) atoms. The number of nitrogens with zero attached hydrogens (tertiary/aromatic N) is 1. The van der Waals surface area contributed by atoms with Crippen molar-refractivity contribution in [2.75, 3.05) is 11.9 Å². The van der Waals surface area contributed by atoms with Crippen LogP contribution in [0, 0.1) is 5.92 Å². The minimum absolute atomic E-state index is 0.0131. The number of hydrogen-bond acceptors (Lipinski definition) is 3. The van der Waals surface area contributed by atoms with Crippen molar-refractivity contribution in [1.82, 2.24) is 4.90 Å². The van der Waals surface area contributed by atoms with Crippen LogP contribution in [0.15, 0.2) is 42.5 Å². The van der Waals surface area contributed by atoms with Gasteiger partial charge in [-0.25, -0.2) is 0 Å². The molecule has 0 bridgehead atoms. The molecule has 0 spiro atoms. The summed E-state index contributed by atoms with van der Waals surface area (Å²) < 4.78 is 5.97. The molecule has 6 heteroatoms. The molecule has 2 amide bonds. The minimum atomic E-state index is -0.477. The first-order valence-corrected chi connectivity index (χ1v) is 9.90. The summed E-state index contributed by atoms with van der Waals surface area (Å²) in [5.74, 6) is 0.846. The van der Waals surface area contributed by atoms with E-state index in [0.717, 1.165) is 5.56 Å². The van der Waals surface area contributed by atoms with Crippen molar-refractivity contribution in [3.05, 3.63) is 58.6 Å². The van der Waals surface area contributed by atoms with Crippen LogP contribution in [0.2, 0.25) is 5.02 Å². The predicted octanol–water partition coefficient (Wildman–Crippen LogP) is 4.75. The number of carbonyl (C=O) groups is 2. The number of halogens is 1. The molecule has 0 saturated heterocycles. The van der Waals surface area contributed by atoms with Crippen molar-refractivity contribution < 1.29 is 14.3 Å². The zero-order valence-corrected chi connectivity index (χ0v) is 17.1. The topological polar surface area (TPSA) is 58.6 Å². The average Bonchev–Trinajstić information content (AvgIpc) is 2.78. The molecule has 2 aromatic carbocycles. The summed E-state index contributed by atoms with van der Waals surface area (Å²) in [5, 5.41) is 3.48. The molecule has 1 unspecified atom stereocenters. The molecule has 1 aliphatic heterocycles. The van der Waals surface area contributed by atoms with Gasteiger partial charge in [-0.2, -0.15) is 0 Å². The summed E-state index contributed by atoms with van der Waals surface area (Å²) in [6, 6.07) is 12.2. The molecule has 1 aliphatic rings. The maximum absolute atomic E-state index is 12.8. The predicted molar refractivity (Wildman–Crippen MR) is 111 cm³/mol. The zero-order chi connectivity index (χ0) is 20.3. The Morgan fingerprint density at radius 2 is 1.96 bits per heavy atom. The molecule has 0 aliphatic carbocycles. The molecular weight excluding hydrogens is 376 g/mol. The van der Waals surface area contributed by atoms with E-state index in [1.165, 1.54) is 0 Å². The number of nitrogens with one attached hydrogen (secondary N) is 1. The number of anilines is 1. The lowest BCUT2D eigenvalue weighted by Gasteiger charge is -2.24. The highest BCUT2D eigenvalue weighted by atomic mass is 35.5. The van der Waals surface area contributed by atoms with Gasteiger partial charge in [-0.3, -0.25) is 9.59 Å². The number of ether oxygens (including phenoxy) is 1. The standard InChI is InChI=1S/C22H25ClN2O3/c1-4-19-22(27)25(12-14(2)3)13-16-11-18(9-10-20(16)28-19)24-21(26)15-5-7-17(23)8-6-15/h5-11,14,19H,4,12-13H2,1-3H3,(H,24,26). The molecule has 0 aromatic heterocycles. The fraction of sp³-hybridized carbons (Fsp3) is 0.364. The van der Waals surface area contributed by atoms with Gasteiger partial charge < -0.3 is 15.0 Å². The van der Waals surface area contributed by atoms with E-state index in [2.05, 4.69) is 19.2 Å². The maximum Gasteiger partial charge on any atom is 0.263 e. The Balaban J connectivity index is 1.83. The lowest BCUT2D eigenvalue weighted by atomic mass is 10.1. The molecule has 148 valence electrons. The maximum atomic E-state index is 12.8. The largest absolute Gasteiger partial charge is 0.480 e. The van der Waals surface area contributed by atoms with Crippen LogP contribution in [-0.4, -0.2) is 29.4 Å². The van der Waals surface area contributed by atoms with Crippen LogP contribution in [0.4, 0.5) is 5.69 Å². The molecule has 2 aromatic rings. The highest BCUT2D eigenvalue weighted by Crippen LogP contribution is 2.30. The summed E-state index contributed by atoms with van der Waals surface area (Å²) >= 11 is 5.88. The third-order valence-corrected chi connectivity index (χ3v) is 4.85. The number of hydrogen-bond donors (Lipinski definition) is 1. The van der Waals surface area contributed by atoms with Gasteiger partial charge in [-0.05, 0) is 54.8 Å². The third-order valence-electron chi connectivity index (χ3n) is 4.60. The third kappa shape index (κ3) is 4.65. The second-order valence-electron chi connectivity index (χ2n) is 7.41. The van der Waals surface area contributed by atoms with Crippen molar-refractivity contribution >= 4 is 29.1 Å². The molecule has 3 rings (SSSR count). The molecule has 0 fully saturated rings. The summed E-state index contributed by atoms with van der Waals surface area (Å²) in [7, 11) is 0. The van der Waals surface area contributed by atoms with E-state index >= 15 is 0 Å². The number of rotatable bonds is 5. The summed E-state index contributed by atoms with van der Waals surface area (Å²) in [5.41, 5.74) is 2.08. The quantitative estimate of drug-likeness (QED) is 0.788. The Morgan fingerprint density at radius 1 is 1.25 bits per heavy atom. The van der Waals surface area contributed by atoms with Gasteiger partial charge in [0.15, 0.2) is 6.10 Å².